The van der Waals surface area contributed by atoms with Crippen molar-refractivity contribution in [1.29, 1.82) is 0 Å². The number of nitrogens with one attached hydrogen (secondary N) is 1. The maximum Gasteiger partial charge on any atom is 0.337 e. The Labute approximate surface area is 126 Å². The number of carbonyl (C=O) groups excluding carboxylic acids is 1. The molecule has 4 nitrogen and oxygen atoms in total. The minimum absolute atomic E-state index is 0.0189. The van der Waals surface area contributed by atoms with Crippen molar-refractivity contribution in [1.82, 2.24) is 0 Å². The number of carboxylic acid groups (broad SMARTS) is 1. The zero-order valence-corrected chi connectivity index (χ0v) is 12.5. The van der Waals surface area contributed by atoms with Crippen LogP contribution in [-0.4, -0.2) is 17.0 Å². The highest BCUT2D eigenvalue weighted by atomic mass is 79.9. The van der Waals surface area contributed by atoms with Crippen molar-refractivity contribution in [2.24, 2.45) is 0 Å². The first-order valence-corrected chi connectivity index (χ1v) is 7.06. The van der Waals surface area contributed by atoms with Crippen molar-refractivity contribution in [3.05, 3.63) is 49.6 Å². The molecule has 98 valence electrons. The smallest absolute Gasteiger partial charge is 0.337 e. The number of halogens is 2. The fraction of sp³-hybridized carbons (Fsp3) is 0. The van der Waals surface area contributed by atoms with E-state index >= 15 is 0 Å². The predicted molar refractivity (Wildman–Crippen MR) is 78.4 cm³/mol. The number of anilines is 1. The van der Waals surface area contributed by atoms with Crippen LogP contribution < -0.4 is 5.32 Å². The Hall–Kier alpha value is -1.37. The summed E-state index contributed by atoms with van der Waals surface area (Å²) < 4.78 is 0.999. The number of hydrogen-bond donors (Lipinski definition) is 2. The topological polar surface area (TPSA) is 66.4 Å². The summed E-state index contributed by atoms with van der Waals surface area (Å²) >= 11 is 10.1. The molecule has 0 saturated carbocycles. The Kier molecular flexibility index (Phi) is 4.24. The molecular formula is C12H7BrClNO3S. The van der Waals surface area contributed by atoms with E-state index in [4.69, 9.17) is 16.7 Å². The van der Waals surface area contributed by atoms with Gasteiger partial charge in [0.15, 0.2) is 0 Å². The lowest BCUT2D eigenvalue weighted by atomic mass is 10.2. The number of carbonyl (C=O) groups is 2. The second-order valence-corrected chi connectivity index (χ2v) is 6.09. The van der Waals surface area contributed by atoms with Gasteiger partial charge in [0.1, 0.15) is 0 Å². The van der Waals surface area contributed by atoms with Gasteiger partial charge in [0.2, 0.25) is 0 Å². The van der Waals surface area contributed by atoms with Crippen LogP contribution in [0.2, 0.25) is 4.34 Å². The first-order chi connectivity index (χ1) is 8.99. The van der Waals surface area contributed by atoms with Gasteiger partial charge in [-0.15, -0.1) is 11.3 Å². The lowest BCUT2D eigenvalue weighted by Crippen LogP contribution is -2.14. The van der Waals surface area contributed by atoms with Crippen LogP contribution in [0.3, 0.4) is 0 Å². The second kappa shape index (κ2) is 5.73. The Morgan fingerprint density at radius 2 is 2.00 bits per heavy atom. The third kappa shape index (κ3) is 3.15. The van der Waals surface area contributed by atoms with Crippen LogP contribution in [-0.2, 0) is 0 Å². The maximum absolute atomic E-state index is 12.0. The van der Waals surface area contributed by atoms with Crippen molar-refractivity contribution in [3.63, 3.8) is 0 Å². The summed E-state index contributed by atoms with van der Waals surface area (Å²) in [5.41, 5.74) is 0.245. The van der Waals surface area contributed by atoms with Crippen molar-refractivity contribution >= 4 is 56.4 Å². The van der Waals surface area contributed by atoms with E-state index in [2.05, 4.69) is 21.2 Å². The van der Waals surface area contributed by atoms with E-state index in [1.165, 1.54) is 6.07 Å². The van der Waals surface area contributed by atoms with Gasteiger partial charge in [-0.2, -0.15) is 0 Å². The Balaban J connectivity index is 2.33. The zero-order chi connectivity index (χ0) is 14.0. The number of para-hydroxylation sites is 1. The van der Waals surface area contributed by atoms with Crippen LogP contribution in [0, 0.1) is 0 Å². The molecule has 2 aromatic rings. The average Bonchev–Trinajstić information content (AvgIpc) is 2.78. The highest BCUT2D eigenvalue weighted by Gasteiger charge is 2.17. The standard InChI is InChI=1S/C12H7BrClNO3S/c13-7-3-1-2-6(12(17)18)10(7)15-11(16)8-4-5-9(14)19-8/h1-5H,(H,15,16)(H,17,18). The number of aromatic carboxylic acids is 1. The Morgan fingerprint density at radius 3 is 2.58 bits per heavy atom. The first-order valence-electron chi connectivity index (χ1n) is 5.07. The fourth-order valence-electron chi connectivity index (χ4n) is 1.44. The number of thiophene rings is 1. The van der Waals surface area contributed by atoms with Crippen LogP contribution in [0.5, 0.6) is 0 Å². The van der Waals surface area contributed by atoms with Crippen LogP contribution >= 0.6 is 38.9 Å². The van der Waals surface area contributed by atoms with E-state index in [1.807, 2.05) is 0 Å². The summed E-state index contributed by atoms with van der Waals surface area (Å²) in [7, 11) is 0. The van der Waals surface area contributed by atoms with E-state index in [-0.39, 0.29) is 11.3 Å². The van der Waals surface area contributed by atoms with Crippen LogP contribution in [0.25, 0.3) is 0 Å². The summed E-state index contributed by atoms with van der Waals surface area (Å²) in [6.45, 7) is 0. The van der Waals surface area contributed by atoms with E-state index in [0.29, 0.717) is 13.7 Å². The molecule has 1 heterocycles. The van der Waals surface area contributed by atoms with Gasteiger partial charge >= 0.3 is 5.97 Å². The van der Waals surface area contributed by atoms with E-state index < -0.39 is 11.9 Å². The van der Waals surface area contributed by atoms with Gasteiger partial charge in [0.25, 0.3) is 5.91 Å². The lowest BCUT2D eigenvalue weighted by molar-refractivity contribution is 0.0698. The maximum atomic E-state index is 12.0. The largest absolute Gasteiger partial charge is 0.478 e. The quantitative estimate of drug-likeness (QED) is 0.865. The third-order valence-electron chi connectivity index (χ3n) is 2.28. The average molecular weight is 361 g/mol. The van der Waals surface area contributed by atoms with Crippen molar-refractivity contribution in [3.8, 4) is 0 Å². The van der Waals surface area contributed by atoms with Gasteiger partial charge < -0.3 is 10.4 Å². The van der Waals surface area contributed by atoms with E-state index in [1.54, 1.807) is 24.3 Å². The zero-order valence-electron chi connectivity index (χ0n) is 9.31. The summed E-state index contributed by atoms with van der Waals surface area (Å²) in [5, 5.41) is 11.7. The summed E-state index contributed by atoms with van der Waals surface area (Å²) in [6, 6.07) is 7.86. The number of carboxylic acids is 1. The second-order valence-electron chi connectivity index (χ2n) is 3.53. The number of benzene rings is 1. The SMILES string of the molecule is O=C(Nc1c(Br)cccc1C(=O)O)c1ccc(Cl)s1. The summed E-state index contributed by atoms with van der Waals surface area (Å²) in [5.74, 6) is -1.51. The molecule has 2 rings (SSSR count). The highest BCUT2D eigenvalue weighted by molar-refractivity contribution is 9.10. The minimum atomic E-state index is -1.11. The Bertz CT molecular complexity index is 656. The first kappa shape index (κ1) is 14.0. The molecule has 0 radical (unpaired) electrons. The van der Waals surface area contributed by atoms with Crippen molar-refractivity contribution in [2.45, 2.75) is 0 Å². The highest BCUT2D eigenvalue weighted by Crippen LogP contribution is 2.28. The van der Waals surface area contributed by atoms with Gasteiger partial charge in [-0.25, -0.2) is 4.79 Å². The molecule has 1 aromatic carbocycles. The van der Waals surface area contributed by atoms with Crippen LogP contribution in [0.15, 0.2) is 34.8 Å². The van der Waals surface area contributed by atoms with E-state index in [0.717, 1.165) is 11.3 Å². The fourth-order valence-corrected chi connectivity index (χ4v) is 2.84. The predicted octanol–water partition coefficient (Wildman–Crippen LogP) is 4.11. The van der Waals surface area contributed by atoms with Gasteiger partial charge in [-0.1, -0.05) is 17.7 Å². The molecule has 0 aliphatic heterocycles. The van der Waals surface area contributed by atoms with E-state index in [9.17, 15) is 9.59 Å². The third-order valence-corrected chi connectivity index (χ3v) is 4.17. The van der Waals surface area contributed by atoms with Gasteiger partial charge in [-0.3, -0.25) is 4.79 Å². The molecule has 0 aliphatic carbocycles. The molecule has 0 fully saturated rings. The molecule has 19 heavy (non-hydrogen) atoms. The lowest BCUT2D eigenvalue weighted by Gasteiger charge is -2.09. The molecule has 0 spiro atoms. The molecule has 1 amide bonds. The molecule has 0 saturated heterocycles. The molecular weight excluding hydrogens is 354 g/mol. The molecule has 0 bridgehead atoms. The Morgan fingerprint density at radius 1 is 1.26 bits per heavy atom. The normalized spacial score (nSPS) is 10.2. The molecule has 0 unspecified atom stereocenters. The molecule has 2 N–H and O–H groups in total. The molecule has 7 heteroatoms. The van der Waals surface area contributed by atoms with Crippen LogP contribution in [0.1, 0.15) is 20.0 Å². The van der Waals surface area contributed by atoms with Gasteiger partial charge in [0.05, 0.1) is 20.5 Å². The van der Waals surface area contributed by atoms with Crippen molar-refractivity contribution in [2.75, 3.05) is 5.32 Å². The molecule has 0 aliphatic rings. The van der Waals surface area contributed by atoms with Crippen molar-refractivity contribution < 1.29 is 14.7 Å². The minimum Gasteiger partial charge on any atom is -0.478 e. The summed E-state index contributed by atoms with van der Waals surface area (Å²) in [6.07, 6.45) is 0. The molecule has 0 atom stereocenters. The van der Waals surface area contributed by atoms with Gasteiger partial charge in [-0.05, 0) is 40.2 Å². The van der Waals surface area contributed by atoms with Crippen LogP contribution in [0.4, 0.5) is 5.69 Å². The number of hydrogen-bond acceptors (Lipinski definition) is 3. The molecule has 1 aromatic heterocycles. The number of amides is 1. The number of rotatable bonds is 3. The monoisotopic (exact) mass is 359 g/mol. The summed E-state index contributed by atoms with van der Waals surface area (Å²) in [4.78, 5) is 23.5. The van der Waals surface area contributed by atoms with Gasteiger partial charge in [0, 0.05) is 4.47 Å².